The van der Waals surface area contributed by atoms with Gasteiger partial charge in [0.25, 0.3) is 0 Å². The molecule has 2 aromatic heterocycles. The molecule has 144 valence electrons. The van der Waals surface area contributed by atoms with E-state index in [1.54, 1.807) is 17.5 Å². The van der Waals surface area contributed by atoms with Gasteiger partial charge in [0.15, 0.2) is 0 Å². The number of hydrogen-bond donors (Lipinski definition) is 0. The van der Waals surface area contributed by atoms with Gasteiger partial charge in [-0.3, -0.25) is 4.90 Å². The lowest BCUT2D eigenvalue weighted by atomic mass is 9.89. The van der Waals surface area contributed by atoms with E-state index < -0.39 is 9.84 Å². The van der Waals surface area contributed by atoms with Crippen LogP contribution in [0.3, 0.4) is 0 Å². The molecular weight excluding hydrogens is 366 g/mol. The summed E-state index contributed by atoms with van der Waals surface area (Å²) < 4.78 is 26.4. The van der Waals surface area contributed by atoms with Crippen molar-refractivity contribution in [3.63, 3.8) is 0 Å². The highest BCUT2D eigenvalue weighted by atomic mass is 32.2. The highest BCUT2D eigenvalue weighted by molar-refractivity contribution is 7.90. The van der Waals surface area contributed by atoms with Gasteiger partial charge < -0.3 is 4.57 Å². The summed E-state index contributed by atoms with van der Waals surface area (Å²) in [5, 5.41) is 2.31. The number of nitrogens with zero attached hydrogens (tertiary/aromatic N) is 3. The van der Waals surface area contributed by atoms with Gasteiger partial charge in [-0.05, 0) is 44.2 Å². The number of aromatic nitrogens is 2. The Morgan fingerprint density at radius 1 is 1.35 bits per heavy atom. The van der Waals surface area contributed by atoms with Crippen LogP contribution in [0.4, 0.5) is 0 Å². The van der Waals surface area contributed by atoms with E-state index in [0.29, 0.717) is 12.5 Å². The lowest BCUT2D eigenvalue weighted by Gasteiger charge is -2.27. The lowest BCUT2D eigenvalue weighted by molar-refractivity contribution is 0.242. The lowest BCUT2D eigenvalue weighted by Crippen LogP contribution is -2.25. The summed E-state index contributed by atoms with van der Waals surface area (Å²) in [5.41, 5.74) is 0.988. The van der Waals surface area contributed by atoms with Crippen molar-refractivity contribution in [2.75, 3.05) is 13.3 Å². The Hall–Kier alpha value is -1.18. The third kappa shape index (κ3) is 4.56. The fourth-order valence-electron chi connectivity index (χ4n) is 3.78. The van der Waals surface area contributed by atoms with E-state index in [-0.39, 0.29) is 11.2 Å². The molecule has 26 heavy (non-hydrogen) atoms. The normalized spacial score (nSPS) is 17.7. The number of imidazole rings is 1. The Bertz CT molecular complexity index is 806. The summed E-state index contributed by atoms with van der Waals surface area (Å²) in [5.74, 6) is 0.553. The average Bonchev–Trinajstić information content (AvgIpc) is 3.25. The van der Waals surface area contributed by atoms with Crippen molar-refractivity contribution < 1.29 is 8.42 Å². The van der Waals surface area contributed by atoms with Gasteiger partial charge in [0.1, 0.15) is 0 Å². The van der Waals surface area contributed by atoms with Crippen molar-refractivity contribution in [1.82, 2.24) is 14.5 Å². The maximum atomic E-state index is 12.2. The summed E-state index contributed by atoms with van der Waals surface area (Å²) in [6.45, 7) is 3.64. The standard InChI is InChI=1S/C19H29N3O2S2/c1-15(18-10-7-11-25-18)21(2)14-17-12-20-19(26(3,23)24)22(17)13-16-8-5-4-6-9-16/h7,10-12,15-16H,4-6,8-9,13-14H2,1-3H3. The molecule has 1 aliphatic rings. The predicted octanol–water partition coefficient (Wildman–Crippen LogP) is 4.12. The maximum Gasteiger partial charge on any atom is 0.227 e. The van der Waals surface area contributed by atoms with Gasteiger partial charge in [-0.1, -0.05) is 25.3 Å². The van der Waals surface area contributed by atoms with Crippen LogP contribution in [0, 0.1) is 5.92 Å². The molecule has 1 saturated carbocycles. The molecule has 2 heterocycles. The zero-order chi connectivity index (χ0) is 18.7. The molecule has 0 radical (unpaired) electrons. The zero-order valence-corrected chi connectivity index (χ0v) is 17.5. The summed E-state index contributed by atoms with van der Waals surface area (Å²) in [4.78, 5) is 7.85. The van der Waals surface area contributed by atoms with E-state index in [1.807, 2.05) is 4.57 Å². The predicted molar refractivity (Wildman–Crippen MR) is 106 cm³/mol. The molecule has 0 amide bonds. The molecule has 5 nitrogen and oxygen atoms in total. The van der Waals surface area contributed by atoms with Crippen molar-refractivity contribution in [2.45, 2.75) is 63.3 Å². The van der Waals surface area contributed by atoms with Crippen molar-refractivity contribution in [3.8, 4) is 0 Å². The summed E-state index contributed by atoms with van der Waals surface area (Å²) >= 11 is 1.75. The van der Waals surface area contributed by atoms with Crippen molar-refractivity contribution in [3.05, 3.63) is 34.3 Å². The molecule has 7 heteroatoms. The monoisotopic (exact) mass is 395 g/mol. The molecule has 1 atom stereocenters. The molecule has 3 rings (SSSR count). The number of hydrogen-bond acceptors (Lipinski definition) is 5. The fraction of sp³-hybridized carbons (Fsp3) is 0.632. The second-order valence-corrected chi connectivity index (χ2v) is 10.4. The summed E-state index contributed by atoms with van der Waals surface area (Å²) in [6, 6.07) is 4.50. The minimum atomic E-state index is -3.33. The molecule has 0 aliphatic heterocycles. The zero-order valence-electron chi connectivity index (χ0n) is 15.9. The van der Waals surface area contributed by atoms with Crippen LogP contribution in [0.25, 0.3) is 0 Å². The minimum absolute atomic E-state index is 0.218. The quantitative estimate of drug-likeness (QED) is 0.708. The van der Waals surface area contributed by atoms with Gasteiger partial charge in [-0.25, -0.2) is 13.4 Å². The topological polar surface area (TPSA) is 55.2 Å². The van der Waals surface area contributed by atoms with Crippen LogP contribution in [0.5, 0.6) is 0 Å². The average molecular weight is 396 g/mol. The maximum absolute atomic E-state index is 12.2. The largest absolute Gasteiger partial charge is 0.317 e. The molecule has 1 fully saturated rings. The van der Waals surface area contributed by atoms with E-state index in [9.17, 15) is 8.42 Å². The molecule has 2 aromatic rings. The fourth-order valence-corrected chi connectivity index (χ4v) is 5.46. The first-order chi connectivity index (χ1) is 12.4. The van der Waals surface area contributed by atoms with E-state index in [4.69, 9.17) is 0 Å². The van der Waals surface area contributed by atoms with E-state index >= 15 is 0 Å². The van der Waals surface area contributed by atoms with Crippen LogP contribution in [-0.4, -0.2) is 36.2 Å². The van der Waals surface area contributed by atoms with Crippen LogP contribution < -0.4 is 0 Å². The molecule has 0 bridgehead atoms. The summed E-state index contributed by atoms with van der Waals surface area (Å²) in [7, 11) is -1.24. The third-order valence-corrected chi connectivity index (χ3v) is 7.46. The van der Waals surface area contributed by atoms with Crippen LogP contribution in [-0.2, 0) is 22.9 Å². The third-order valence-electron chi connectivity index (χ3n) is 5.43. The van der Waals surface area contributed by atoms with Gasteiger partial charge >= 0.3 is 0 Å². The highest BCUT2D eigenvalue weighted by Gasteiger charge is 2.24. The van der Waals surface area contributed by atoms with Crippen LogP contribution >= 0.6 is 11.3 Å². The van der Waals surface area contributed by atoms with Gasteiger partial charge in [-0.15, -0.1) is 11.3 Å². The molecular formula is C19H29N3O2S2. The van der Waals surface area contributed by atoms with Crippen molar-refractivity contribution in [2.24, 2.45) is 5.92 Å². The smallest absolute Gasteiger partial charge is 0.227 e. The van der Waals surface area contributed by atoms with Crippen LogP contribution in [0.2, 0.25) is 0 Å². The number of thiophene rings is 1. The van der Waals surface area contributed by atoms with Gasteiger partial charge in [0.05, 0.1) is 11.9 Å². The van der Waals surface area contributed by atoms with Gasteiger partial charge in [0.2, 0.25) is 15.0 Å². The Balaban J connectivity index is 1.82. The van der Waals surface area contributed by atoms with Gasteiger partial charge in [0, 0.05) is 30.3 Å². The second kappa shape index (κ2) is 8.23. The highest BCUT2D eigenvalue weighted by Crippen LogP contribution is 2.28. The Kier molecular flexibility index (Phi) is 6.20. The van der Waals surface area contributed by atoms with E-state index in [0.717, 1.165) is 12.2 Å². The first-order valence-electron chi connectivity index (χ1n) is 9.34. The van der Waals surface area contributed by atoms with E-state index in [2.05, 4.69) is 41.4 Å². The first-order valence-corrected chi connectivity index (χ1v) is 12.1. The van der Waals surface area contributed by atoms with Crippen LogP contribution in [0.1, 0.15) is 55.6 Å². The molecule has 0 spiro atoms. The Labute approximate surface area is 161 Å². The number of sulfone groups is 1. The Morgan fingerprint density at radius 2 is 2.08 bits per heavy atom. The molecule has 1 unspecified atom stereocenters. The SMILES string of the molecule is CC(c1cccs1)N(C)Cc1cnc(S(C)(=O)=O)n1CC1CCCCC1. The molecule has 1 aliphatic carbocycles. The molecule has 0 N–H and O–H groups in total. The Morgan fingerprint density at radius 3 is 2.69 bits per heavy atom. The van der Waals surface area contributed by atoms with Crippen LogP contribution in [0.15, 0.2) is 28.9 Å². The molecule has 0 aromatic carbocycles. The van der Waals surface area contributed by atoms with Crippen molar-refractivity contribution in [1.29, 1.82) is 0 Å². The van der Waals surface area contributed by atoms with Crippen molar-refractivity contribution >= 4 is 21.2 Å². The molecule has 0 saturated heterocycles. The minimum Gasteiger partial charge on any atom is -0.317 e. The first kappa shape index (κ1) is 19.6. The summed E-state index contributed by atoms with van der Waals surface area (Å²) in [6.07, 6.45) is 9.17. The number of rotatable bonds is 7. The van der Waals surface area contributed by atoms with E-state index in [1.165, 1.54) is 43.2 Å². The van der Waals surface area contributed by atoms with Gasteiger partial charge in [-0.2, -0.15) is 0 Å². The second-order valence-electron chi connectivity index (χ2n) is 7.53.